The van der Waals surface area contributed by atoms with Gasteiger partial charge in [-0.05, 0) is 78.9 Å². The molecule has 0 amide bonds. The highest BCUT2D eigenvalue weighted by atomic mass is 32.2. The van der Waals surface area contributed by atoms with Crippen molar-refractivity contribution in [3.63, 3.8) is 0 Å². The summed E-state index contributed by atoms with van der Waals surface area (Å²) in [4.78, 5) is 9.65. The van der Waals surface area contributed by atoms with Crippen LogP contribution in [0.1, 0.15) is 13.8 Å². The summed E-state index contributed by atoms with van der Waals surface area (Å²) in [6, 6.07) is 51.4. The van der Waals surface area contributed by atoms with Crippen LogP contribution in [0.4, 0.5) is 34.1 Å². The van der Waals surface area contributed by atoms with Gasteiger partial charge >= 0.3 is 0 Å². The van der Waals surface area contributed by atoms with Gasteiger partial charge in [0.05, 0.1) is 34.6 Å². The molecule has 3 heterocycles. The number of hydrogen-bond acceptors (Lipinski definition) is 6. The maximum Gasteiger partial charge on any atom is 0.113 e. The lowest BCUT2D eigenvalue weighted by Gasteiger charge is -2.33. The highest BCUT2D eigenvalue weighted by molar-refractivity contribution is 8.00. The molecule has 0 aliphatic carbocycles. The minimum absolute atomic E-state index is 0.826. The fourth-order valence-corrected chi connectivity index (χ4v) is 8.16. The van der Waals surface area contributed by atoms with E-state index in [-0.39, 0.29) is 0 Å². The van der Waals surface area contributed by atoms with Crippen molar-refractivity contribution in [1.82, 2.24) is 15.0 Å². The first-order valence-corrected chi connectivity index (χ1v) is 18.5. The zero-order chi connectivity index (χ0) is 35.2. The lowest BCUT2D eigenvalue weighted by Crippen LogP contribution is -2.15. The number of rotatable bonds is 5. The molecule has 0 radical (unpaired) electrons. The van der Waals surface area contributed by atoms with Gasteiger partial charge in [0.1, 0.15) is 5.69 Å². The summed E-state index contributed by atoms with van der Waals surface area (Å²) < 4.78 is 1.86. The Bertz CT molecular complexity index is 2210. The second kappa shape index (κ2) is 15.4. The molecule has 5 nitrogen and oxygen atoms in total. The van der Waals surface area contributed by atoms with E-state index in [1.165, 1.54) is 42.3 Å². The van der Waals surface area contributed by atoms with Crippen molar-refractivity contribution >= 4 is 57.6 Å². The van der Waals surface area contributed by atoms with E-state index < -0.39 is 0 Å². The van der Waals surface area contributed by atoms with Crippen molar-refractivity contribution in [3.05, 3.63) is 177 Å². The molecule has 0 fully saturated rings. The van der Waals surface area contributed by atoms with E-state index in [1.807, 2.05) is 48.2 Å². The highest BCUT2D eigenvalue weighted by Gasteiger charge is 2.26. The Morgan fingerprint density at radius 3 is 1.39 bits per heavy atom. The molecule has 250 valence electrons. The van der Waals surface area contributed by atoms with Gasteiger partial charge in [-0.2, -0.15) is 0 Å². The van der Waals surface area contributed by atoms with Gasteiger partial charge in [0.25, 0.3) is 0 Å². The molecule has 0 atom stereocenters. The van der Waals surface area contributed by atoms with Crippen molar-refractivity contribution < 1.29 is 0 Å². The Labute approximate surface area is 308 Å². The Kier molecular flexibility index (Phi) is 10.2. The predicted molar refractivity (Wildman–Crippen MR) is 216 cm³/mol. The van der Waals surface area contributed by atoms with Crippen LogP contribution in [0.3, 0.4) is 0 Å². The molecule has 0 saturated heterocycles. The molecule has 1 aromatic heterocycles. The van der Waals surface area contributed by atoms with E-state index in [0.717, 1.165) is 28.3 Å². The van der Waals surface area contributed by atoms with Gasteiger partial charge in [-0.1, -0.05) is 135 Å². The molecule has 0 saturated carbocycles. The summed E-state index contributed by atoms with van der Waals surface area (Å²) >= 11 is 3.63. The van der Waals surface area contributed by atoms with Gasteiger partial charge in [0.2, 0.25) is 0 Å². The molecule has 9 rings (SSSR count). The van der Waals surface area contributed by atoms with Crippen molar-refractivity contribution in [3.8, 4) is 16.9 Å². The third-order valence-corrected chi connectivity index (χ3v) is 10.6. The Morgan fingerprint density at radius 2 is 0.922 bits per heavy atom. The topological polar surface area (TPSA) is 37.2 Å². The van der Waals surface area contributed by atoms with Gasteiger partial charge in [-0.15, -0.1) is 5.10 Å². The normalized spacial score (nSPS) is 12.0. The molecule has 0 N–H and O–H groups in total. The zero-order valence-corrected chi connectivity index (χ0v) is 30.2. The van der Waals surface area contributed by atoms with Crippen LogP contribution < -0.4 is 9.80 Å². The molecule has 0 unspecified atom stereocenters. The Morgan fingerprint density at radius 1 is 0.490 bits per heavy atom. The van der Waals surface area contributed by atoms with E-state index in [2.05, 4.69) is 179 Å². The van der Waals surface area contributed by atoms with Gasteiger partial charge in [-0.3, -0.25) is 0 Å². The molecule has 7 aromatic rings. The highest BCUT2D eigenvalue weighted by Crippen LogP contribution is 2.52. The van der Waals surface area contributed by atoms with Crippen molar-refractivity contribution in [2.45, 2.75) is 33.4 Å². The number of aromatic nitrogens is 3. The van der Waals surface area contributed by atoms with Crippen LogP contribution in [0.5, 0.6) is 0 Å². The molecule has 51 heavy (non-hydrogen) atoms. The summed E-state index contributed by atoms with van der Waals surface area (Å²) in [5.41, 5.74) is 9.72. The first-order chi connectivity index (χ1) is 25.2. The number of para-hydroxylation sites is 4. The van der Waals surface area contributed by atoms with Crippen LogP contribution in [0.2, 0.25) is 0 Å². The maximum absolute atomic E-state index is 4.57. The zero-order valence-electron chi connectivity index (χ0n) is 28.6. The second-order valence-corrected chi connectivity index (χ2v) is 13.5. The van der Waals surface area contributed by atoms with Gasteiger partial charge < -0.3 is 9.80 Å². The molecule has 7 heteroatoms. The predicted octanol–water partition coefficient (Wildman–Crippen LogP) is 13.2. The van der Waals surface area contributed by atoms with Crippen molar-refractivity contribution in [2.75, 3.05) is 9.80 Å². The van der Waals surface area contributed by atoms with E-state index in [9.17, 15) is 0 Å². The lowest BCUT2D eigenvalue weighted by atomic mass is 10.1. The number of hydrogen-bond donors (Lipinski definition) is 0. The van der Waals surface area contributed by atoms with Crippen LogP contribution in [0.15, 0.2) is 197 Å². The smallest absolute Gasteiger partial charge is 0.113 e. The SMILES string of the molecule is C=CC=C.CC.c1cc(N2c3ccccc3Sc3ccccc32)cc(-n2cc(-c3ccc(N4c5ccccc5Sc5ccccc54)cc3)nn2)c1. The van der Waals surface area contributed by atoms with Crippen molar-refractivity contribution in [2.24, 2.45) is 0 Å². The minimum Gasteiger partial charge on any atom is -0.308 e. The average molecular weight is 700 g/mol. The van der Waals surface area contributed by atoms with Crippen LogP contribution in [0, 0.1) is 0 Å². The second-order valence-electron chi connectivity index (χ2n) is 11.3. The quantitative estimate of drug-likeness (QED) is 0.166. The van der Waals surface area contributed by atoms with E-state index >= 15 is 0 Å². The average Bonchev–Trinajstić information content (AvgIpc) is 3.71. The monoisotopic (exact) mass is 699 g/mol. The van der Waals surface area contributed by atoms with Gasteiger partial charge in [0, 0.05) is 36.5 Å². The van der Waals surface area contributed by atoms with Crippen LogP contribution >= 0.6 is 23.5 Å². The molecular formula is C44H37N5S2. The van der Waals surface area contributed by atoms with E-state index in [1.54, 1.807) is 12.2 Å². The number of fused-ring (bicyclic) bond motifs is 4. The number of benzene rings is 6. The first kappa shape index (κ1) is 33.7. The Hall–Kier alpha value is -5.76. The molecular weight excluding hydrogens is 663 g/mol. The summed E-state index contributed by atoms with van der Waals surface area (Å²) in [6.45, 7) is 10.7. The maximum atomic E-state index is 4.57. The van der Waals surface area contributed by atoms with E-state index in [0.29, 0.717) is 0 Å². The third kappa shape index (κ3) is 6.74. The van der Waals surface area contributed by atoms with Crippen LogP contribution in [-0.4, -0.2) is 15.0 Å². The fourth-order valence-electron chi connectivity index (χ4n) is 6.04. The number of anilines is 6. The lowest BCUT2D eigenvalue weighted by molar-refractivity contribution is 0.804. The summed E-state index contributed by atoms with van der Waals surface area (Å²) in [5, 5.41) is 9.11. The molecule has 0 bridgehead atoms. The third-order valence-electron chi connectivity index (χ3n) is 8.30. The van der Waals surface area contributed by atoms with E-state index in [4.69, 9.17) is 0 Å². The molecule has 0 spiro atoms. The Balaban J connectivity index is 0.000000635. The molecule has 6 aromatic carbocycles. The standard InChI is InChI=1S/C38H25N5S2.C4H6.C2H6/c1-5-16-35-31(12-1)42(32-13-2-6-17-36(32)44-35)27-22-20-26(21-23-27)30-25-41(40-39-30)28-10-9-11-29(24-28)43-33-14-3-7-18-37(33)45-38-19-8-4-15-34(38)43;1-3-4-2;1-2/h1-25H;3-4H,1-2H2;1-2H3. The summed E-state index contributed by atoms with van der Waals surface area (Å²) in [6.07, 6.45) is 5.28. The fraction of sp³-hybridized carbons (Fsp3) is 0.0455. The van der Waals surface area contributed by atoms with Crippen molar-refractivity contribution in [1.29, 1.82) is 0 Å². The number of nitrogens with zero attached hydrogens (tertiary/aromatic N) is 5. The number of allylic oxidation sites excluding steroid dienone is 2. The molecule has 2 aliphatic rings. The summed E-state index contributed by atoms with van der Waals surface area (Å²) in [7, 11) is 0. The summed E-state index contributed by atoms with van der Waals surface area (Å²) in [5.74, 6) is 0. The minimum atomic E-state index is 0.826. The van der Waals surface area contributed by atoms with Crippen LogP contribution in [0.25, 0.3) is 16.9 Å². The largest absolute Gasteiger partial charge is 0.308 e. The first-order valence-electron chi connectivity index (χ1n) is 16.9. The van der Waals surface area contributed by atoms with Gasteiger partial charge in [-0.25, -0.2) is 4.68 Å². The molecule has 2 aliphatic heterocycles. The van der Waals surface area contributed by atoms with Gasteiger partial charge in [0.15, 0.2) is 0 Å². The van der Waals surface area contributed by atoms with Crippen LogP contribution in [-0.2, 0) is 0 Å².